The van der Waals surface area contributed by atoms with E-state index in [4.69, 9.17) is 16.3 Å². The third-order valence-corrected chi connectivity index (χ3v) is 3.50. The lowest BCUT2D eigenvalue weighted by Gasteiger charge is -2.32. The Morgan fingerprint density at radius 1 is 1.25 bits per heavy atom. The summed E-state index contributed by atoms with van der Waals surface area (Å²) in [5.41, 5.74) is 0. The average Bonchev–Trinajstić information content (AvgIpc) is 1.90. The fourth-order valence-electron chi connectivity index (χ4n) is 1.82. The van der Waals surface area contributed by atoms with Gasteiger partial charge in [-0.05, 0) is 25.2 Å². The van der Waals surface area contributed by atoms with Crippen LogP contribution in [0.15, 0.2) is 0 Å². The molecule has 70 valence electrons. The van der Waals surface area contributed by atoms with Crippen molar-refractivity contribution >= 4 is 11.6 Å². The maximum absolute atomic E-state index is 5.84. The van der Waals surface area contributed by atoms with Crippen molar-refractivity contribution in [2.45, 2.75) is 50.0 Å². The number of alkyl halides is 1. The molecule has 0 saturated heterocycles. The van der Waals surface area contributed by atoms with E-state index in [-0.39, 0.29) is 0 Å². The lowest BCUT2D eigenvalue weighted by molar-refractivity contribution is -0.00524. The summed E-state index contributed by atoms with van der Waals surface area (Å²) in [6, 6.07) is 0. The first kappa shape index (κ1) is 8.83. The highest BCUT2D eigenvalue weighted by molar-refractivity contribution is 6.21. The van der Waals surface area contributed by atoms with Gasteiger partial charge in [-0.2, -0.15) is 0 Å². The molecule has 0 bridgehead atoms. The summed E-state index contributed by atoms with van der Waals surface area (Å²) < 4.78 is 5.67. The number of rotatable bonds is 4. The molecular weight excluding hydrogens is 172 g/mol. The first-order chi connectivity index (χ1) is 5.84. The largest absolute Gasteiger partial charge is 0.378 e. The standard InChI is InChI=1S/C10H17ClO/c11-9-6-10(7-9)12-5-4-8-2-1-3-8/h8-10H,1-7H2. The van der Waals surface area contributed by atoms with Gasteiger partial charge in [0.05, 0.1) is 6.10 Å². The molecule has 0 atom stereocenters. The highest BCUT2D eigenvalue weighted by Crippen LogP contribution is 2.31. The van der Waals surface area contributed by atoms with Crippen molar-refractivity contribution in [1.82, 2.24) is 0 Å². The maximum Gasteiger partial charge on any atom is 0.0603 e. The predicted molar refractivity (Wildman–Crippen MR) is 50.6 cm³/mol. The molecule has 2 rings (SSSR count). The van der Waals surface area contributed by atoms with Crippen LogP contribution < -0.4 is 0 Å². The van der Waals surface area contributed by atoms with E-state index in [1.165, 1.54) is 25.7 Å². The average molecular weight is 189 g/mol. The fraction of sp³-hybridized carbons (Fsp3) is 1.00. The zero-order valence-corrected chi connectivity index (χ0v) is 8.22. The second-order valence-corrected chi connectivity index (χ2v) is 4.76. The summed E-state index contributed by atoms with van der Waals surface area (Å²) >= 11 is 5.84. The van der Waals surface area contributed by atoms with Crippen molar-refractivity contribution in [1.29, 1.82) is 0 Å². The number of ether oxygens (including phenoxy) is 1. The smallest absolute Gasteiger partial charge is 0.0603 e. The van der Waals surface area contributed by atoms with Crippen LogP contribution in [0.3, 0.4) is 0 Å². The van der Waals surface area contributed by atoms with Crippen molar-refractivity contribution in [3.63, 3.8) is 0 Å². The predicted octanol–water partition coefficient (Wildman–Crippen LogP) is 2.96. The van der Waals surface area contributed by atoms with Crippen LogP contribution in [0, 0.1) is 5.92 Å². The van der Waals surface area contributed by atoms with Gasteiger partial charge in [-0.1, -0.05) is 19.3 Å². The lowest BCUT2D eigenvalue weighted by Crippen LogP contribution is -2.32. The molecule has 0 unspecified atom stereocenters. The van der Waals surface area contributed by atoms with E-state index in [2.05, 4.69) is 0 Å². The summed E-state index contributed by atoms with van der Waals surface area (Å²) in [6.07, 6.45) is 8.24. The minimum atomic E-state index is 0.402. The minimum Gasteiger partial charge on any atom is -0.378 e. The molecular formula is C10H17ClO. The van der Waals surface area contributed by atoms with Crippen LogP contribution in [0.25, 0.3) is 0 Å². The Kier molecular flexibility index (Phi) is 2.92. The van der Waals surface area contributed by atoms with Crippen molar-refractivity contribution in [2.75, 3.05) is 6.61 Å². The van der Waals surface area contributed by atoms with E-state index in [1.54, 1.807) is 0 Å². The number of hydrogen-bond donors (Lipinski definition) is 0. The van der Waals surface area contributed by atoms with Gasteiger partial charge in [-0.25, -0.2) is 0 Å². The van der Waals surface area contributed by atoms with E-state index in [1.807, 2.05) is 0 Å². The van der Waals surface area contributed by atoms with Gasteiger partial charge in [0.2, 0.25) is 0 Å². The van der Waals surface area contributed by atoms with E-state index in [0.717, 1.165) is 25.4 Å². The van der Waals surface area contributed by atoms with Gasteiger partial charge in [-0.15, -0.1) is 11.6 Å². The molecule has 2 aliphatic carbocycles. The molecule has 2 saturated carbocycles. The SMILES string of the molecule is ClC1CC(OCCC2CCC2)C1. The Hall–Kier alpha value is 0.250. The second kappa shape index (κ2) is 3.97. The quantitative estimate of drug-likeness (QED) is 0.617. The summed E-state index contributed by atoms with van der Waals surface area (Å²) in [6.45, 7) is 0.971. The zero-order valence-electron chi connectivity index (χ0n) is 7.47. The first-order valence-corrected chi connectivity index (χ1v) is 5.54. The fourth-order valence-corrected chi connectivity index (χ4v) is 2.22. The van der Waals surface area contributed by atoms with Gasteiger partial charge in [0, 0.05) is 12.0 Å². The van der Waals surface area contributed by atoms with Crippen molar-refractivity contribution in [2.24, 2.45) is 5.92 Å². The van der Waals surface area contributed by atoms with Crippen LogP contribution >= 0.6 is 11.6 Å². The molecule has 0 aromatic rings. The maximum atomic E-state index is 5.84. The van der Waals surface area contributed by atoms with Crippen LogP contribution in [-0.2, 0) is 4.74 Å². The van der Waals surface area contributed by atoms with Gasteiger partial charge >= 0.3 is 0 Å². The first-order valence-electron chi connectivity index (χ1n) is 5.10. The van der Waals surface area contributed by atoms with Gasteiger partial charge in [-0.3, -0.25) is 0 Å². The Labute approximate surface area is 79.4 Å². The Bertz CT molecular complexity index is 139. The van der Waals surface area contributed by atoms with Crippen molar-refractivity contribution in [3.8, 4) is 0 Å². The minimum absolute atomic E-state index is 0.402. The molecule has 1 nitrogen and oxygen atoms in total. The Morgan fingerprint density at radius 2 is 2.00 bits per heavy atom. The van der Waals surface area contributed by atoms with Gasteiger partial charge in [0.15, 0.2) is 0 Å². The highest BCUT2D eigenvalue weighted by atomic mass is 35.5. The summed E-state index contributed by atoms with van der Waals surface area (Å²) in [7, 11) is 0. The van der Waals surface area contributed by atoms with Crippen LogP contribution in [0.1, 0.15) is 38.5 Å². The van der Waals surface area contributed by atoms with Gasteiger partial charge < -0.3 is 4.74 Å². The van der Waals surface area contributed by atoms with Gasteiger partial charge in [0.25, 0.3) is 0 Å². The third-order valence-electron chi connectivity index (χ3n) is 3.14. The topological polar surface area (TPSA) is 9.23 Å². The highest BCUT2D eigenvalue weighted by Gasteiger charge is 2.28. The molecule has 0 radical (unpaired) electrons. The summed E-state index contributed by atoms with van der Waals surface area (Å²) in [5.74, 6) is 0.983. The number of halogens is 1. The van der Waals surface area contributed by atoms with Crippen molar-refractivity contribution in [3.05, 3.63) is 0 Å². The third kappa shape index (κ3) is 2.14. The Morgan fingerprint density at radius 3 is 2.50 bits per heavy atom. The van der Waals surface area contributed by atoms with Crippen LogP contribution in [0.4, 0.5) is 0 Å². The monoisotopic (exact) mass is 188 g/mol. The molecule has 0 aromatic heterocycles. The van der Waals surface area contributed by atoms with E-state index in [9.17, 15) is 0 Å². The van der Waals surface area contributed by atoms with E-state index < -0.39 is 0 Å². The van der Waals surface area contributed by atoms with Crippen molar-refractivity contribution < 1.29 is 4.74 Å². The number of hydrogen-bond acceptors (Lipinski definition) is 1. The normalized spacial score (nSPS) is 35.8. The van der Waals surface area contributed by atoms with Crippen LogP contribution in [0.5, 0.6) is 0 Å². The Balaban J connectivity index is 1.46. The molecule has 2 heteroatoms. The molecule has 0 amide bonds. The molecule has 2 aliphatic rings. The van der Waals surface area contributed by atoms with Crippen LogP contribution in [0.2, 0.25) is 0 Å². The molecule has 0 aromatic carbocycles. The molecule has 0 spiro atoms. The molecule has 0 N–H and O–H groups in total. The van der Waals surface area contributed by atoms with Gasteiger partial charge in [0.1, 0.15) is 0 Å². The summed E-state index contributed by atoms with van der Waals surface area (Å²) in [5, 5.41) is 0.402. The molecule has 0 heterocycles. The second-order valence-electron chi connectivity index (χ2n) is 4.15. The van der Waals surface area contributed by atoms with E-state index in [0.29, 0.717) is 11.5 Å². The molecule has 0 aliphatic heterocycles. The van der Waals surface area contributed by atoms with E-state index >= 15 is 0 Å². The summed E-state index contributed by atoms with van der Waals surface area (Å²) in [4.78, 5) is 0. The molecule has 12 heavy (non-hydrogen) atoms. The molecule has 2 fully saturated rings. The zero-order chi connectivity index (χ0) is 8.39. The van der Waals surface area contributed by atoms with Crippen LogP contribution in [-0.4, -0.2) is 18.1 Å². The lowest BCUT2D eigenvalue weighted by atomic mass is 9.83.